The lowest BCUT2D eigenvalue weighted by molar-refractivity contribution is 0.218. The number of nitrogens with one attached hydrogen (secondary N) is 1. The fourth-order valence-electron chi connectivity index (χ4n) is 2.91. The molecule has 1 saturated carbocycles. The summed E-state index contributed by atoms with van der Waals surface area (Å²) < 4.78 is 0. The van der Waals surface area contributed by atoms with Gasteiger partial charge in [-0.25, -0.2) is 0 Å². The summed E-state index contributed by atoms with van der Waals surface area (Å²) in [5.41, 5.74) is 2.26. The van der Waals surface area contributed by atoms with Gasteiger partial charge in [0.25, 0.3) is 0 Å². The summed E-state index contributed by atoms with van der Waals surface area (Å²) in [6.45, 7) is 0. The number of allylic oxidation sites excluding steroid dienone is 1. The van der Waals surface area contributed by atoms with Crippen LogP contribution >= 0.6 is 0 Å². The van der Waals surface area contributed by atoms with Gasteiger partial charge in [0.2, 0.25) is 0 Å². The minimum Gasteiger partial charge on any atom is -0.382 e. The molecule has 1 fully saturated rings. The molecule has 0 saturated heterocycles. The summed E-state index contributed by atoms with van der Waals surface area (Å²) in [7, 11) is 0. The predicted molar refractivity (Wildman–Crippen MR) is 68.5 cm³/mol. The van der Waals surface area contributed by atoms with Gasteiger partial charge in [-0.3, -0.25) is 0 Å². The Morgan fingerprint density at radius 3 is 2.82 bits per heavy atom. The summed E-state index contributed by atoms with van der Waals surface area (Å²) in [6, 6.07) is 11.0. The third-order valence-corrected chi connectivity index (χ3v) is 3.95. The van der Waals surface area contributed by atoms with Crippen LogP contribution in [-0.2, 0) is 6.42 Å². The van der Waals surface area contributed by atoms with Crippen molar-refractivity contribution in [1.29, 1.82) is 5.26 Å². The van der Waals surface area contributed by atoms with E-state index in [1.165, 1.54) is 18.5 Å². The normalized spacial score (nSPS) is 29.2. The van der Waals surface area contributed by atoms with Crippen LogP contribution in [-0.4, -0.2) is 6.04 Å². The fourth-order valence-corrected chi connectivity index (χ4v) is 2.91. The highest BCUT2D eigenvalue weighted by Gasteiger charge is 2.40. The molecule has 0 radical (unpaired) electrons. The quantitative estimate of drug-likeness (QED) is 0.801. The molecule has 86 valence electrons. The Balaban J connectivity index is 1.62. The van der Waals surface area contributed by atoms with Crippen LogP contribution in [0.2, 0.25) is 0 Å². The molecule has 2 aliphatic rings. The van der Waals surface area contributed by atoms with Crippen molar-refractivity contribution in [3.05, 3.63) is 42.0 Å². The second kappa shape index (κ2) is 4.25. The highest BCUT2D eigenvalue weighted by atomic mass is 14.9. The van der Waals surface area contributed by atoms with E-state index in [0.29, 0.717) is 12.5 Å². The molecule has 2 nitrogen and oxygen atoms in total. The number of nitriles is 1. The summed E-state index contributed by atoms with van der Waals surface area (Å²) in [5, 5.41) is 12.2. The molecule has 0 spiro atoms. The van der Waals surface area contributed by atoms with E-state index >= 15 is 0 Å². The van der Waals surface area contributed by atoms with Gasteiger partial charge in [0.1, 0.15) is 0 Å². The minimum absolute atomic E-state index is 0.497. The van der Waals surface area contributed by atoms with Crippen LogP contribution in [0.3, 0.4) is 0 Å². The second-order valence-corrected chi connectivity index (χ2v) is 5.02. The number of hydrogen-bond donors (Lipinski definition) is 1. The molecule has 3 unspecified atom stereocenters. The first-order valence-corrected chi connectivity index (χ1v) is 6.26. The van der Waals surface area contributed by atoms with Crippen molar-refractivity contribution in [2.24, 2.45) is 11.8 Å². The number of benzene rings is 1. The largest absolute Gasteiger partial charge is 0.382 e. The first kappa shape index (κ1) is 10.4. The Morgan fingerprint density at radius 1 is 1.29 bits per heavy atom. The van der Waals surface area contributed by atoms with Gasteiger partial charge in [-0.1, -0.05) is 24.3 Å². The van der Waals surface area contributed by atoms with Gasteiger partial charge in [0, 0.05) is 17.6 Å². The fraction of sp³-hybridized carbons (Fsp3) is 0.400. The van der Waals surface area contributed by atoms with Gasteiger partial charge in [-0.15, -0.1) is 0 Å². The van der Waals surface area contributed by atoms with Crippen LogP contribution in [0, 0.1) is 23.2 Å². The first-order valence-electron chi connectivity index (χ1n) is 6.26. The molecule has 2 aliphatic carbocycles. The average molecular weight is 224 g/mol. The molecule has 3 rings (SSSR count). The number of nitrogens with zero attached hydrogens (tertiary/aromatic N) is 1. The Hall–Kier alpha value is -1.75. The topological polar surface area (TPSA) is 35.8 Å². The van der Waals surface area contributed by atoms with Gasteiger partial charge in [0.15, 0.2) is 0 Å². The maximum absolute atomic E-state index is 8.61. The molecule has 0 amide bonds. The lowest BCUT2D eigenvalue weighted by Crippen LogP contribution is -2.43. The standard InChI is InChI=1S/C15H16N2/c16-9-8-11-4-6-13(7-5-11)17-15-10-12-2-1-3-14(12)15/h1,3-7,12,14-15,17H,2,8,10H2. The zero-order valence-corrected chi connectivity index (χ0v) is 9.76. The Kier molecular flexibility index (Phi) is 2.60. The molecule has 17 heavy (non-hydrogen) atoms. The SMILES string of the molecule is N#CCc1ccc(NC2CC3CC=CC32)cc1. The molecular formula is C15H16N2. The van der Waals surface area contributed by atoms with Gasteiger partial charge in [0.05, 0.1) is 12.5 Å². The highest BCUT2D eigenvalue weighted by Crippen LogP contribution is 2.43. The summed E-state index contributed by atoms with van der Waals surface area (Å²) >= 11 is 0. The Morgan fingerprint density at radius 2 is 2.12 bits per heavy atom. The monoisotopic (exact) mass is 224 g/mol. The van der Waals surface area contributed by atoms with Crippen LogP contribution in [0.5, 0.6) is 0 Å². The molecule has 0 bridgehead atoms. The predicted octanol–water partition coefficient (Wildman–Crippen LogP) is 3.13. The number of rotatable bonds is 3. The van der Waals surface area contributed by atoms with Crippen molar-refractivity contribution in [1.82, 2.24) is 0 Å². The van der Waals surface area contributed by atoms with Gasteiger partial charge in [-0.05, 0) is 36.5 Å². The van der Waals surface area contributed by atoms with Crippen molar-refractivity contribution in [3.8, 4) is 6.07 Å². The van der Waals surface area contributed by atoms with Crippen LogP contribution in [0.1, 0.15) is 18.4 Å². The average Bonchev–Trinajstić information content (AvgIpc) is 2.70. The van der Waals surface area contributed by atoms with Crippen molar-refractivity contribution >= 4 is 5.69 Å². The maximum atomic E-state index is 8.61. The molecule has 1 N–H and O–H groups in total. The highest BCUT2D eigenvalue weighted by molar-refractivity contribution is 5.47. The minimum atomic E-state index is 0.497. The zero-order chi connectivity index (χ0) is 11.7. The van der Waals surface area contributed by atoms with Gasteiger partial charge in [-0.2, -0.15) is 5.26 Å². The smallest absolute Gasteiger partial charge is 0.0669 e. The third-order valence-electron chi connectivity index (χ3n) is 3.95. The van der Waals surface area contributed by atoms with E-state index in [0.717, 1.165) is 17.4 Å². The van der Waals surface area contributed by atoms with Gasteiger partial charge >= 0.3 is 0 Å². The second-order valence-electron chi connectivity index (χ2n) is 5.02. The summed E-state index contributed by atoms with van der Waals surface area (Å²) in [4.78, 5) is 0. The van der Waals surface area contributed by atoms with E-state index in [9.17, 15) is 0 Å². The third kappa shape index (κ3) is 1.93. The van der Waals surface area contributed by atoms with Crippen molar-refractivity contribution in [2.75, 3.05) is 5.32 Å². The Labute approximate surface area is 102 Å². The molecule has 0 aliphatic heterocycles. The van der Waals surface area contributed by atoms with E-state index in [-0.39, 0.29) is 0 Å². The van der Waals surface area contributed by atoms with Crippen molar-refractivity contribution < 1.29 is 0 Å². The molecule has 3 atom stereocenters. The molecule has 0 heterocycles. The van der Waals surface area contributed by atoms with Crippen molar-refractivity contribution in [3.63, 3.8) is 0 Å². The van der Waals surface area contributed by atoms with Crippen LogP contribution in [0.25, 0.3) is 0 Å². The van der Waals surface area contributed by atoms with Crippen molar-refractivity contribution in [2.45, 2.75) is 25.3 Å². The van der Waals surface area contributed by atoms with Crippen LogP contribution < -0.4 is 5.32 Å². The zero-order valence-electron chi connectivity index (χ0n) is 9.76. The van der Waals surface area contributed by atoms with E-state index in [1.807, 2.05) is 12.1 Å². The van der Waals surface area contributed by atoms with E-state index in [4.69, 9.17) is 5.26 Å². The summed E-state index contributed by atoms with van der Waals surface area (Å²) in [5.74, 6) is 1.64. The van der Waals surface area contributed by atoms with E-state index in [2.05, 4.69) is 35.7 Å². The van der Waals surface area contributed by atoms with E-state index < -0.39 is 0 Å². The number of fused-ring (bicyclic) bond motifs is 1. The summed E-state index contributed by atoms with van der Waals surface area (Å²) in [6.07, 6.45) is 7.72. The van der Waals surface area contributed by atoms with Gasteiger partial charge < -0.3 is 5.32 Å². The first-order chi connectivity index (χ1) is 8.36. The molecule has 0 aromatic heterocycles. The lowest BCUT2D eigenvalue weighted by atomic mass is 9.71. The van der Waals surface area contributed by atoms with Crippen LogP contribution in [0.15, 0.2) is 36.4 Å². The van der Waals surface area contributed by atoms with Crippen LogP contribution in [0.4, 0.5) is 5.69 Å². The maximum Gasteiger partial charge on any atom is 0.0669 e. The molecule has 2 heteroatoms. The number of anilines is 1. The molecule has 1 aromatic rings. The molecule has 1 aromatic carbocycles. The molecular weight excluding hydrogens is 208 g/mol. The van der Waals surface area contributed by atoms with E-state index in [1.54, 1.807) is 0 Å². The Bertz CT molecular complexity index is 467. The number of hydrogen-bond acceptors (Lipinski definition) is 2. The lowest BCUT2D eigenvalue weighted by Gasteiger charge is -2.41.